The average molecular weight is 297 g/mol. The summed E-state index contributed by atoms with van der Waals surface area (Å²) in [4.78, 5) is 5.73. The standard InChI is InChI=1S/C17H19N3S/c1-2-10-20-11-9-18-17(20)13-19-15-7-4-3-6-14(15)16-8-5-12-21-16/h3-9,11-12,19H,2,10,13H2,1H3. The van der Waals surface area contributed by atoms with Crippen molar-refractivity contribution >= 4 is 17.0 Å². The van der Waals surface area contributed by atoms with E-state index >= 15 is 0 Å². The highest BCUT2D eigenvalue weighted by atomic mass is 32.1. The third-order valence-corrected chi connectivity index (χ3v) is 4.32. The van der Waals surface area contributed by atoms with Crippen LogP contribution >= 0.6 is 11.3 Å². The van der Waals surface area contributed by atoms with Gasteiger partial charge in [0.25, 0.3) is 0 Å². The van der Waals surface area contributed by atoms with E-state index in [9.17, 15) is 0 Å². The maximum atomic E-state index is 4.45. The Balaban J connectivity index is 1.78. The number of imidazole rings is 1. The molecule has 3 nitrogen and oxygen atoms in total. The molecule has 1 N–H and O–H groups in total. The van der Waals surface area contributed by atoms with Crippen LogP contribution in [0.25, 0.3) is 10.4 Å². The van der Waals surface area contributed by atoms with Crippen LogP contribution in [0.1, 0.15) is 19.2 Å². The van der Waals surface area contributed by atoms with Gasteiger partial charge in [-0.05, 0) is 23.9 Å². The van der Waals surface area contributed by atoms with Crippen LogP contribution in [0.15, 0.2) is 54.2 Å². The highest BCUT2D eigenvalue weighted by molar-refractivity contribution is 7.13. The first-order chi connectivity index (χ1) is 10.4. The lowest BCUT2D eigenvalue weighted by molar-refractivity contribution is 0.644. The fourth-order valence-corrected chi connectivity index (χ4v) is 3.18. The van der Waals surface area contributed by atoms with Crippen molar-refractivity contribution in [2.75, 3.05) is 5.32 Å². The number of benzene rings is 1. The quantitative estimate of drug-likeness (QED) is 0.718. The van der Waals surface area contributed by atoms with E-state index < -0.39 is 0 Å². The molecule has 1 aromatic carbocycles. The number of hydrogen-bond donors (Lipinski definition) is 1. The van der Waals surface area contributed by atoms with E-state index in [4.69, 9.17) is 0 Å². The van der Waals surface area contributed by atoms with Crippen molar-refractivity contribution in [3.05, 3.63) is 60.0 Å². The number of nitrogens with one attached hydrogen (secondary N) is 1. The molecule has 108 valence electrons. The van der Waals surface area contributed by atoms with E-state index in [1.54, 1.807) is 11.3 Å². The van der Waals surface area contributed by atoms with Crippen molar-refractivity contribution in [2.24, 2.45) is 0 Å². The minimum Gasteiger partial charge on any atom is -0.377 e. The summed E-state index contributed by atoms with van der Waals surface area (Å²) >= 11 is 1.76. The summed E-state index contributed by atoms with van der Waals surface area (Å²) in [5, 5.41) is 5.64. The Morgan fingerprint density at radius 1 is 1.19 bits per heavy atom. The van der Waals surface area contributed by atoms with Gasteiger partial charge in [0.15, 0.2) is 0 Å². The van der Waals surface area contributed by atoms with Gasteiger partial charge in [0.2, 0.25) is 0 Å². The molecule has 0 bridgehead atoms. The molecule has 21 heavy (non-hydrogen) atoms. The van der Waals surface area contributed by atoms with Gasteiger partial charge in [0, 0.05) is 35.1 Å². The predicted octanol–water partition coefficient (Wildman–Crippen LogP) is 4.63. The normalized spacial score (nSPS) is 10.7. The molecule has 0 saturated carbocycles. The van der Waals surface area contributed by atoms with Gasteiger partial charge in [-0.3, -0.25) is 0 Å². The molecular formula is C17H19N3S. The number of rotatable bonds is 6. The second-order valence-electron chi connectivity index (χ2n) is 4.91. The monoisotopic (exact) mass is 297 g/mol. The number of anilines is 1. The van der Waals surface area contributed by atoms with Crippen molar-refractivity contribution in [1.29, 1.82) is 0 Å². The van der Waals surface area contributed by atoms with Gasteiger partial charge in [0.1, 0.15) is 5.82 Å². The van der Waals surface area contributed by atoms with Gasteiger partial charge in [-0.2, -0.15) is 0 Å². The Kier molecular flexibility index (Phi) is 4.36. The zero-order valence-electron chi connectivity index (χ0n) is 12.1. The van der Waals surface area contributed by atoms with Crippen LogP contribution in [-0.2, 0) is 13.1 Å². The first kappa shape index (κ1) is 13.9. The van der Waals surface area contributed by atoms with Crippen molar-refractivity contribution < 1.29 is 0 Å². The molecule has 0 saturated heterocycles. The van der Waals surface area contributed by atoms with Crippen LogP contribution < -0.4 is 5.32 Å². The summed E-state index contributed by atoms with van der Waals surface area (Å²) in [5.41, 5.74) is 2.41. The molecule has 0 radical (unpaired) electrons. The molecule has 0 aliphatic carbocycles. The number of aromatic nitrogens is 2. The fraction of sp³-hybridized carbons (Fsp3) is 0.235. The Morgan fingerprint density at radius 3 is 2.90 bits per heavy atom. The molecule has 0 fully saturated rings. The summed E-state index contributed by atoms with van der Waals surface area (Å²) in [6.07, 6.45) is 5.04. The molecule has 0 atom stereocenters. The van der Waals surface area contributed by atoms with E-state index in [1.807, 2.05) is 12.4 Å². The minimum atomic E-state index is 0.745. The van der Waals surface area contributed by atoms with Crippen molar-refractivity contribution in [3.8, 4) is 10.4 Å². The van der Waals surface area contributed by atoms with Gasteiger partial charge < -0.3 is 9.88 Å². The third kappa shape index (κ3) is 3.16. The Labute approximate surface area is 129 Å². The minimum absolute atomic E-state index is 0.745. The zero-order chi connectivity index (χ0) is 14.5. The van der Waals surface area contributed by atoms with Crippen LogP contribution in [0.2, 0.25) is 0 Å². The third-order valence-electron chi connectivity index (χ3n) is 3.42. The second kappa shape index (κ2) is 6.59. The SMILES string of the molecule is CCCn1ccnc1CNc1ccccc1-c1cccs1. The summed E-state index contributed by atoms with van der Waals surface area (Å²) in [6, 6.07) is 12.7. The lowest BCUT2D eigenvalue weighted by Gasteiger charge is -2.12. The number of thiophene rings is 1. The van der Waals surface area contributed by atoms with Crippen LogP contribution in [0.5, 0.6) is 0 Å². The molecule has 4 heteroatoms. The topological polar surface area (TPSA) is 29.9 Å². The summed E-state index contributed by atoms with van der Waals surface area (Å²) in [5.74, 6) is 1.08. The average Bonchev–Trinajstić information content (AvgIpc) is 3.17. The van der Waals surface area contributed by atoms with Crippen LogP contribution in [0.3, 0.4) is 0 Å². The van der Waals surface area contributed by atoms with E-state index in [2.05, 4.69) is 63.6 Å². The molecule has 2 heterocycles. The molecule has 0 unspecified atom stereocenters. The number of para-hydroxylation sites is 1. The van der Waals surface area contributed by atoms with Crippen molar-refractivity contribution in [1.82, 2.24) is 9.55 Å². The highest BCUT2D eigenvalue weighted by Crippen LogP contribution is 2.31. The first-order valence-electron chi connectivity index (χ1n) is 7.25. The second-order valence-corrected chi connectivity index (χ2v) is 5.86. The number of nitrogens with zero attached hydrogens (tertiary/aromatic N) is 2. The highest BCUT2D eigenvalue weighted by Gasteiger charge is 2.07. The lowest BCUT2D eigenvalue weighted by Crippen LogP contribution is -2.08. The lowest BCUT2D eigenvalue weighted by atomic mass is 10.1. The summed E-state index contributed by atoms with van der Waals surface area (Å²) in [7, 11) is 0. The van der Waals surface area contributed by atoms with Crippen LogP contribution in [-0.4, -0.2) is 9.55 Å². The molecule has 3 rings (SSSR count). The fourth-order valence-electron chi connectivity index (χ4n) is 2.41. The Hall–Kier alpha value is -2.07. The van der Waals surface area contributed by atoms with Gasteiger partial charge in [-0.15, -0.1) is 11.3 Å². The molecule has 0 aliphatic rings. The Bertz CT molecular complexity index is 686. The van der Waals surface area contributed by atoms with E-state index in [0.717, 1.165) is 31.0 Å². The predicted molar refractivity (Wildman–Crippen MR) is 89.6 cm³/mol. The van der Waals surface area contributed by atoms with Crippen LogP contribution in [0, 0.1) is 0 Å². The van der Waals surface area contributed by atoms with E-state index in [1.165, 1.54) is 10.4 Å². The molecular weight excluding hydrogens is 278 g/mol. The first-order valence-corrected chi connectivity index (χ1v) is 8.13. The van der Waals surface area contributed by atoms with E-state index in [0.29, 0.717) is 0 Å². The zero-order valence-corrected chi connectivity index (χ0v) is 12.9. The summed E-state index contributed by atoms with van der Waals surface area (Å²) < 4.78 is 2.21. The largest absolute Gasteiger partial charge is 0.377 e. The summed E-state index contributed by atoms with van der Waals surface area (Å²) in [6.45, 7) is 3.95. The smallest absolute Gasteiger partial charge is 0.128 e. The number of hydrogen-bond acceptors (Lipinski definition) is 3. The number of aryl methyl sites for hydroxylation is 1. The molecule has 2 aromatic heterocycles. The van der Waals surface area contributed by atoms with Gasteiger partial charge in [-0.25, -0.2) is 4.98 Å². The van der Waals surface area contributed by atoms with E-state index in [-0.39, 0.29) is 0 Å². The van der Waals surface area contributed by atoms with Gasteiger partial charge in [0.05, 0.1) is 6.54 Å². The van der Waals surface area contributed by atoms with Gasteiger partial charge >= 0.3 is 0 Å². The van der Waals surface area contributed by atoms with Crippen LogP contribution in [0.4, 0.5) is 5.69 Å². The maximum Gasteiger partial charge on any atom is 0.128 e. The Morgan fingerprint density at radius 2 is 2.10 bits per heavy atom. The molecule has 0 aliphatic heterocycles. The van der Waals surface area contributed by atoms with Gasteiger partial charge in [-0.1, -0.05) is 31.2 Å². The molecule has 0 spiro atoms. The van der Waals surface area contributed by atoms with Crippen molar-refractivity contribution in [3.63, 3.8) is 0 Å². The maximum absolute atomic E-state index is 4.45. The van der Waals surface area contributed by atoms with Crippen molar-refractivity contribution in [2.45, 2.75) is 26.4 Å². The molecule has 3 aromatic rings. The molecule has 0 amide bonds.